The lowest BCUT2D eigenvalue weighted by Gasteiger charge is -2.07. The summed E-state index contributed by atoms with van der Waals surface area (Å²) in [5.74, 6) is -0.843. The van der Waals surface area contributed by atoms with E-state index in [9.17, 15) is 9.59 Å². The minimum Gasteiger partial charge on any atom is -0.294 e. The zero-order chi connectivity index (χ0) is 23.4. The van der Waals surface area contributed by atoms with Crippen molar-refractivity contribution in [2.45, 2.75) is 0 Å². The predicted octanol–water partition coefficient (Wildman–Crippen LogP) is 7.52. The van der Waals surface area contributed by atoms with Crippen LogP contribution < -0.4 is 0 Å². The molecule has 0 spiro atoms. The molecule has 6 rings (SSSR count). The van der Waals surface area contributed by atoms with E-state index in [0.717, 1.165) is 26.6 Å². The lowest BCUT2D eigenvalue weighted by atomic mass is 10.1. The van der Waals surface area contributed by atoms with Crippen LogP contribution >= 0.6 is 34.5 Å². The maximum absolute atomic E-state index is 13.2. The standard InChI is InChI=1S/C27H14Cl2N2O2S/c28-19-11-12-20(29)23-22(19)24(32)18(25(23)33)13-17-14-21-26(31(17)16-9-5-2-6-10-16)30-27(34-21)15-7-3-1-4-8-15/h1-14H. The van der Waals surface area contributed by atoms with Gasteiger partial charge in [-0.15, -0.1) is 11.3 Å². The van der Waals surface area contributed by atoms with Gasteiger partial charge in [0.1, 0.15) is 5.01 Å². The zero-order valence-electron chi connectivity index (χ0n) is 17.5. The molecule has 0 fully saturated rings. The van der Waals surface area contributed by atoms with Crippen LogP contribution in [0.2, 0.25) is 10.0 Å². The first-order chi connectivity index (χ1) is 16.5. The number of carbonyl (C=O) groups is 2. The third-order valence-corrected chi connectivity index (χ3v) is 7.43. The molecule has 5 aromatic rings. The number of fused-ring (bicyclic) bond motifs is 2. The minimum absolute atomic E-state index is 0.0376. The molecular formula is C27H14Cl2N2O2S. The van der Waals surface area contributed by atoms with Crippen LogP contribution in [0.5, 0.6) is 0 Å². The maximum Gasteiger partial charge on any atom is 0.199 e. The van der Waals surface area contributed by atoms with Crippen LogP contribution in [0.15, 0.2) is 84.4 Å². The molecule has 0 unspecified atom stereocenters. The number of allylic oxidation sites excluding steroid dienone is 1. The van der Waals surface area contributed by atoms with Crippen molar-refractivity contribution in [2.75, 3.05) is 0 Å². The van der Waals surface area contributed by atoms with Crippen LogP contribution in [-0.4, -0.2) is 21.1 Å². The Morgan fingerprint density at radius 1 is 0.794 bits per heavy atom. The van der Waals surface area contributed by atoms with Gasteiger partial charge in [-0.25, -0.2) is 4.98 Å². The number of para-hydroxylation sites is 1. The lowest BCUT2D eigenvalue weighted by Crippen LogP contribution is -2.03. The third kappa shape index (κ3) is 3.24. The topological polar surface area (TPSA) is 52.0 Å². The summed E-state index contributed by atoms with van der Waals surface area (Å²) in [6.45, 7) is 0. The minimum atomic E-state index is -0.422. The fourth-order valence-corrected chi connectivity index (χ4v) is 5.69. The number of Topliss-reactive ketones (excluding diaryl/α,β-unsaturated/α-hetero) is 2. The molecule has 3 aromatic carbocycles. The summed E-state index contributed by atoms with van der Waals surface area (Å²) in [7, 11) is 0. The molecule has 2 aromatic heterocycles. The van der Waals surface area contributed by atoms with Crippen molar-refractivity contribution < 1.29 is 9.59 Å². The molecule has 7 heteroatoms. The van der Waals surface area contributed by atoms with Gasteiger partial charge in [0, 0.05) is 11.3 Å². The van der Waals surface area contributed by atoms with Gasteiger partial charge in [-0.3, -0.25) is 14.2 Å². The summed E-state index contributed by atoms with van der Waals surface area (Å²) in [6.07, 6.45) is 1.61. The Bertz CT molecular complexity index is 1610. The van der Waals surface area contributed by atoms with Crippen LogP contribution in [0.1, 0.15) is 26.4 Å². The molecule has 0 saturated heterocycles. The number of hydrogen-bond acceptors (Lipinski definition) is 4. The Hall–Kier alpha value is -3.51. The van der Waals surface area contributed by atoms with Gasteiger partial charge in [0.2, 0.25) is 0 Å². The Morgan fingerprint density at radius 2 is 1.38 bits per heavy atom. The van der Waals surface area contributed by atoms with Crippen LogP contribution in [0.3, 0.4) is 0 Å². The molecule has 2 heterocycles. The SMILES string of the molecule is O=C1C(=Cc2cc3sc(-c4ccccc4)nc3n2-c2ccccc2)C(=O)c2c(Cl)ccc(Cl)c21. The van der Waals surface area contributed by atoms with Crippen LogP contribution in [0, 0.1) is 0 Å². The number of aromatic nitrogens is 2. The van der Waals surface area contributed by atoms with Crippen molar-refractivity contribution in [2.24, 2.45) is 0 Å². The van der Waals surface area contributed by atoms with E-state index in [-0.39, 0.29) is 26.7 Å². The number of benzene rings is 3. The quantitative estimate of drug-likeness (QED) is 0.190. The molecule has 0 bridgehead atoms. The summed E-state index contributed by atoms with van der Waals surface area (Å²) in [5, 5.41) is 1.33. The molecule has 0 N–H and O–H groups in total. The second-order valence-corrected chi connectivity index (χ2v) is 9.65. The molecule has 0 amide bonds. The first-order valence-electron chi connectivity index (χ1n) is 10.4. The summed E-state index contributed by atoms with van der Waals surface area (Å²) in [6, 6.07) is 24.7. The van der Waals surface area contributed by atoms with Crippen molar-refractivity contribution in [3.05, 3.63) is 111 Å². The molecule has 0 atom stereocenters. The summed E-state index contributed by atoms with van der Waals surface area (Å²) < 4.78 is 2.90. The molecule has 0 aliphatic heterocycles. The molecule has 1 aliphatic rings. The molecule has 34 heavy (non-hydrogen) atoms. The highest BCUT2D eigenvalue weighted by Gasteiger charge is 2.37. The van der Waals surface area contributed by atoms with E-state index in [1.807, 2.05) is 71.3 Å². The Morgan fingerprint density at radius 3 is 2.00 bits per heavy atom. The normalized spacial score (nSPS) is 13.1. The van der Waals surface area contributed by atoms with Gasteiger partial charge in [0.15, 0.2) is 17.2 Å². The van der Waals surface area contributed by atoms with Crippen LogP contribution in [-0.2, 0) is 0 Å². The second kappa shape index (κ2) is 8.06. The van der Waals surface area contributed by atoms with Gasteiger partial charge >= 0.3 is 0 Å². The lowest BCUT2D eigenvalue weighted by molar-refractivity contribution is 0.0990. The monoisotopic (exact) mass is 500 g/mol. The molecule has 4 nitrogen and oxygen atoms in total. The van der Waals surface area contributed by atoms with E-state index in [1.165, 1.54) is 12.1 Å². The van der Waals surface area contributed by atoms with Gasteiger partial charge in [0.25, 0.3) is 0 Å². The smallest absolute Gasteiger partial charge is 0.199 e. The molecule has 164 valence electrons. The van der Waals surface area contributed by atoms with Crippen molar-refractivity contribution in [3.63, 3.8) is 0 Å². The molecule has 1 aliphatic carbocycles. The number of ketones is 2. The molecule has 0 radical (unpaired) electrons. The fraction of sp³-hybridized carbons (Fsp3) is 0. The summed E-state index contributed by atoms with van der Waals surface area (Å²) in [4.78, 5) is 31.2. The predicted molar refractivity (Wildman–Crippen MR) is 137 cm³/mol. The highest BCUT2D eigenvalue weighted by atomic mass is 35.5. The Kier molecular flexibility index (Phi) is 4.99. The molecular weight excluding hydrogens is 487 g/mol. The van der Waals surface area contributed by atoms with Crippen LogP contribution in [0.25, 0.3) is 32.7 Å². The summed E-state index contributed by atoms with van der Waals surface area (Å²) in [5.41, 5.74) is 3.70. The van der Waals surface area contributed by atoms with Crippen LogP contribution in [0.4, 0.5) is 0 Å². The highest BCUT2D eigenvalue weighted by molar-refractivity contribution is 7.21. The van der Waals surface area contributed by atoms with Gasteiger partial charge in [-0.05, 0) is 36.4 Å². The Labute approximate surface area is 208 Å². The van der Waals surface area contributed by atoms with Crippen molar-refractivity contribution in [1.29, 1.82) is 0 Å². The van der Waals surface area contributed by atoms with E-state index in [2.05, 4.69) is 0 Å². The van der Waals surface area contributed by atoms with E-state index < -0.39 is 11.6 Å². The van der Waals surface area contributed by atoms with Gasteiger partial charge in [0.05, 0.1) is 37.1 Å². The van der Waals surface area contributed by atoms with E-state index in [4.69, 9.17) is 28.2 Å². The highest BCUT2D eigenvalue weighted by Crippen LogP contribution is 2.39. The zero-order valence-corrected chi connectivity index (χ0v) is 19.8. The van der Waals surface area contributed by atoms with E-state index >= 15 is 0 Å². The van der Waals surface area contributed by atoms with Gasteiger partial charge in [-0.1, -0.05) is 71.7 Å². The van der Waals surface area contributed by atoms with Gasteiger partial charge in [-0.2, -0.15) is 0 Å². The van der Waals surface area contributed by atoms with Crippen molar-refractivity contribution >= 4 is 62.5 Å². The second-order valence-electron chi connectivity index (χ2n) is 7.81. The van der Waals surface area contributed by atoms with Crippen molar-refractivity contribution in [3.8, 4) is 16.3 Å². The first kappa shape index (κ1) is 21.1. The maximum atomic E-state index is 13.2. The third-order valence-electron chi connectivity index (χ3n) is 5.76. The Balaban J connectivity index is 1.55. The van der Waals surface area contributed by atoms with E-state index in [1.54, 1.807) is 17.4 Å². The average Bonchev–Trinajstić information content (AvgIpc) is 3.49. The van der Waals surface area contributed by atoms with Crippen molar-refractivity contribution in [1.82, 2.24) is 9.55 Å². The average molecular weight is 501 g/mol. The number of carbonyl (C=O) groups excluding carboxylic acids is 2. The molecule has 0 saturated carbocycles. The fourth-order valence-electron chi connectivity index (χ4n) is 4.21. The number of rotatable bonds is 3. The number of hydrogen-bond donors (Lipinski definition) is 0. The van der Waals surface area contributed by atoms with E-state index in [0.29, 0.717) is 5.69 Å². The number of nitrogens with zero attached hydrogens (tertiary/aromatic N) is 2. The number of thiazole rings is 1. The summed E-state index contributed by atoms with van der Waals surface area (Å²) >= 11 is 14.1. The largest absolute Gasteiger partial charge is 0.294 e. The van der Waals surface area contributed by atoms with Gasteiger partial charge < -0.3 is 0 Å². The first-order valence-corrected chi connectivity index (χ1v) is 12.0. The number of halogens is 2.